The molecule has 0 aromatic heterocycles. The average Bonchev–Trinajstić information content (AvgIpc) is 2.16. The van der Waals surface area contributed by atoms with Crippen LogP contribution in [0.3, 0.4) is 0 Å². The summed E-state index contributed by atoms with van der Waals surface area (Å²) in [6.07, 6.45) is 2.21. The van der Waals surface area contributed by atoms with Gasteiger partial charge in [-0.2, -0.15) is 0 Å². The van der Waals surface area contributed by atoms with Gasteiger partial charge in [0.25, 0.3) is 0 Å². The summed E-state index contributed by atoms with van der Waals surface area (Å²) >= 11 is 0. The van der Waals surface area contributed by atoms with Gasteiger partial charge >= 0.3 is 5.97 Å². The number of esters is 1. The summed E-state index contributed by atoms with van der Waals surface area (Å²) in [5.41, 5.74) is 0. The molecule has 0 aromatic carbocycles. The summed E-state index contributed by atoms with van der Waals surface area (Å²) in [4.78, 5) is 11.2. The number of hydrogen-bond acceptors (Lipinski definition) is 4. The molecule has 0 saturated carbocycles. The smallest absolute Gasteiger partial charge is 0.373 e. The van der Waals surface area contributed by atoms with Gasteiger partial charge in [-0.1, -0.05) is 6.92 Å². The Balaban J connectivity index is 2.63. The Morgan fingerprint density at radius 2 is 2.43 bits per heavy atom. The molecule has 0 fully saturated rings. The van der Waals surface area contributed by atoms with Gasteiger partial charge in [0.15, 0.2) is 0 Å². The maximum Gasteiger partial charge on any atom is 0.373 e. The molecule has 0 amide bonds. The average molecular weight is 200 g/mol. The van der Waals surface area contributed by atoms with E-state index in [1.807, 2.05) is 13.8 Å². The number of ether oxygens (including phenoxy) is 3. The lowest BCUT2D eigenvalue weighted by Gasteiger charge is -2.26. The number of carbonyl (C=O) groups excluding carboxylic acids is 1. The summed E-state index contributed by atoms with van der Waals surface area (Å²) < 4.78 is 15.2. The van der Waals surface area contributed by atoms with Crippen molar-refractivity contribution in [1.29, 1.82) is 0 Å². The summed E-state index contributed by atoms with van der Waals surface area (Å²) in [5.74, 6) is 0.0837. The minimum absolute atomic E-state index is 0.254. The van der Waals surface area contributed by atoms with Crippen molar-refractivity contribution in [3.8, 4) is 0 Å². The first-order valence-corrected chi connectivity index (χ1v) is 4.75. The van der Waals surface area contributed by atoms with Gasteiger partial charge in [-0.25, -0.2) is 4.79 Å². The van der Waals surface area contributed by atoms with E-state index >= 15 is 0 Å². The van der Waals surface area contributed by atoms with Crippen molar-refractivity contribution in [2.75, 3.05) is 13.7 Å². The summed E-state index contributed by atoms with van der Waals surface area (Å²) in [5, 5.41) is 0. The van der Waals surface area contributed by atoms with E-state index in [2.05, 4.69) is 4.74 Å². The Kier molecular flexibility index (Phi) is 3.95. The van der Waals surface area contributed by atoms with Crippen LogP contribution in [0.1, 0.15) is 20.3 Å². The molecule has 1 aliphatic rings. The third-order valence-electron chi connectivity index (χ3n) is 2.00. The highest BCUT2D eigenvalue weighted by Gasteiger charge is 2.25. The lowest BCUT2D eigenvalue weighted by molar-refractivity contribution is -0.159. The van der Waals surface area contributed by atoms with Gasteiger partial charge in [0, 0.05) is 13.0 Å². The fraction of sp³-hybridized carbons (Fsp3) is 0.700. The van der Waals surface area contributed by atoms with Crippen LogP contribution >= 0.6 is 0 Å². The highest BCUT2D eigenvalue weighted by molar-refractivity contribution is 5.86. The number of allylic oxidation sites excluding steroid dienone is 1. The van der Waals surface area contributed by atoms with E-state index in [1.54, 1.807) is 6.08 Å². The van der Waals surface area contributed by atoms with E-state index in [0.29, 0.717) is 6.61 Å². The number of hydrogen-bond donors (Lipinski definition) is 0. The van der Waals surface area contributed by atoms with Gasteiger partial charge in [0.05, 0.1) is 7.11 Å². The zero-order chi connectivity index (χ0) is 10.6. The monoisotopic (exact) mass is 200 g/mol. The van der Waals surface area contributed by atoms with E-state index in [1.165, 1.54) is 7.11 Å². The Morgan fingerprint density at radius 1 is 1.71 bits per heavy atom. The molecule has 0 aromatic rings. The van der Waals surface area contributed by atoms with Crippen molar-refractivity contribution in [2.45, 2.75) is 26.6 Å². The van der Waals surface area contributed by atoms with Crippen molar-refractivity contribution >= 4 is 5.97 Å². The van der Waals surface area contributed by atoms with Gasteiger partial charge in [0.2, 0.25) is 12.0 Å². The van der Waals surface area contributed by atoms with Crippen LogP contribution in [0, 0.1) is 5.92 Å². The molecule has 4 heteroatoms. The van der Waals surface area contributed by atoms with Crippen molar-refractivity contribution in [3.63, 3.8) is 0 Å². The summed E-state index contributed by atoms with van der Waals surface area (Å²) in [6.45, 7) is 4.48. The predicted molar refractivity (Wildman–Crippen MR) is 50.4 cm³/mol. The topological polar surface area (TPSA) is 44.8 Å². The van der Waals surface area contributed by atoms with Crippen LogP contribution in [0.4, 0.5) is 0 Å². The largest absolute Gasteiger partial charge is 0.463 e. The minimum atomic E-state index is -0.443. The third kappa shape index (κ3) is 2.73. The Bertz CT molecular complexity index is 234. The first-order chi connectivity index (χ1) is 6.67. The van der Waals surface area contributed by atoms with E-state index in [-0.39, 0.29) is 18.0 Å². The highest BCUT2D eigenvalue weighted by Crippen LogP contribution is 2.23. The normalized spacial score (nSPS) is 26.4. The molecular weight excluding hydrogens is 184 g/mol. The second kappa shape index (κ2) is 5.00. The zero-order valence-electron chi connectivity index (χ0n) is 8.78. The molecule has 0 radical (unpaired) electrons. The maximum absolute atomic E-state index is 11.2. The molecule has 1 aliphatic heterocycles. The molecular formula is C10H16O4. The standard InChI is InChI=1S/C10H16O4/c1-4-13-9-6-7(2)5-8(14-9)10(11)12-3/h5,7,9H,4,6H2,1-3H3/t7-,9-/m0/s1. The van der Waals surface area contributed by atoms with Gasteiger partial charge in [-0.05, 0) is 18.9 Å². The van der Waals surface area contributed by atoms with Crippen LogP contribution in [-0.2, 0) is 19.0 Å². The molecule has 2 atom stereocenters. The van der Waals surface area contributed by atoms with E-state index in [0.717, 1.165) is 6.42 Å². The highest BCUT2D eigenvalue weighted by atomic mass is 16.7. The number of rotatable bonds is 3. The second-order valence-electron chi connectivity index (χ2n) is 3.24. The van der Waals surface area contributed by atoms with E-state index < -0.39 is 5.97 Å². The molecule has 80 valence electrons. The van der Waals surface area contributed by atoms with Crippen LogP contribution in [0.2, 0.25) is 0 Å². The molecule has 4 nitrogen and oxygen atoms in total. The first-order valence-electron chi connectivity index (χ1n) is 4.75. The fourth-order valence-corrected chi connectivity index (χ4v) is 1.36. The lowest BCUT2D eigenvalue weighted by Crippen LogP contribution is -2.27. The number of methoxy groups -OCH3 is 1. The molecule has 0 saturated heterocycles. The second-order valence-corrected chi connectivity index (χ2v) is 3.24. The molecule has 0 spiro atoms. The van der Waals surface area contributed by atoms with Gasteiger partial charge in [-0.3, -0.25) is 0 Å². The van der Waals surface area contributed by atoms with Gasteiger partial charge < -0.3 is 14.2 Å². The molecule has 14 heavy (non-hydrogen) atoms. The van der Waals surface area contributed by atoms with E-state index in [4.69, 9.17) is 9.47 Å². The van der Waals surface area contributed by atoms with Crippen LogP contribution < -0.4 is 0 Å². The third-order valence-corrected chi connectivity index (χ3v) is 2.00. The van der Waals surface area contributed by atoms with Crippen molar-refractivity contribution in [1.82, 2.24) is 0 Å². The Hall–Kier alpha value is -1.03. The predicted octanol–water partition coefficient (Wildman–Crippen LogP) is 1.46. The van der Waals surface area contributed by atoms with Crippen molar-refractivity contribution < 1.29 is 19.0 Å². The van der Waals surface area contributed by atoms with Gasteiger partial charge in [-0.15, -0.1) is 0 Å². The van der Waals surface area contributed by atoms with Crippen LogP contribution in [0.5, 0.6) is 0 Å². The minimum Gasteiger partial charge on any atom is -0.463 e. The van der Waals surface area contributed by atoms with E-state index in [9.17, 15) is 4.79 Å². The molecule has 1 heterocycles. The summed E-state index contributed by atoms with van der Waals surface area (Å²) in [6, 6.07) is 0. The lowest BCUT2D eigenvalue weighted by atomic mass is 10.0. The zero-order valence-corrected chi connectivity index (χ0v) is 8.78. The fourth-order valence-electron chi connectivity index (χ4n) is 1.36. The van der Waals surface area contributed by atoms with Crippen molar-refractivity contribution in [2.24, 2.45) is 5.92 Å². The van der Waals surface area contributed by atoms with Crippen molar-refractivity contribution in [3.05, 3.63) is 11.8 Å². The Labute approximate surface area is 83.8 Å². The molecule has 0 unspecified atom stereocenters. The quantitative estimate of drug-likeness (QED) is 0.647. The SMILES string of the molecule is CCO[C@@H]1C[C@@H](C)C=C(C(=O)OC)O1. The van der Waals surface area contributed by atoms with Crippen LogP contribution in [-0.4, -0.2) is 26.0 Å². The molecule has 1 rings (SSSR count). The molecule has 0 N–H and O–H groups in total. The first kappa shape index (κ1) is 11.0. The Morgan fingerprint density at radius 3 is 3.00 bits per heavy atom. The van der Waals surface area contributed by atoms with Crippen LogP contribution in [0.25, 0.3) is 0 Å². The number of carbonyl (C=O) groups is 1. The maximum atomic E-state index is 11.2. The van der Waals surface area contributed by atoms with Crippen LogP contribution in [0.15, 0.2) is 11.8 Å². The molecule has 0 bridgehead atoms. The molecule has 0 aliphatic carbocycles. The summed E-state index contributed by atoms with van der Waals surface area (Å²) in [7, 11) is 1.33. The van der Waals surface area contributed by atoms with Gasteiger partial charge in [0.1, 0.15) is 0 Å².